The molecule has 2 N–H and O–H groups in total. The van der Waals surface area contributed by atoms with Crippen LogP contribution >= 0.6 is 11.3 Å². The van der Waals surface area contributed by atoms with Gasteiger partial charge in [-0.25, -0.2) is 4.98 Å². The van der Waals surface area contributed by atoms with Gasteiger partial charge in [-0.2, -0.15) is 0 Å². The quantitative estimate of drug-likeness (QED) is 0.676. The summed E-state index contributed by atoms with van der Waals surface area (Å²) in [6.45, 7) is 4.28. The van der Waals surface area contributed by atoms with Gasteiger partial charge in [0.15, 0.2) is 0 Å². The fraction of sp³-hybridized carbons (Fsp3) is 0.350. The van der Waals surface area contributed by atoms with E-state index in [1.54, 1.807) is 11.7 Å². The Morgan fingerprint density at radius 1 is 1.33 bits per heavy atom. The van der Waals surface area contributed by atoms with Gasteiger partial charge in [-0.05, 0) is 25.5 Å². The van der Waals surface area contributed by atoms with Crippen LogP contribution in [0.15, 0.2) is 28.4 Å². The summed E-state index contributed by atoms with van der Waals surface area (Å²) in [6.07, 6.45) is 1.64. The number of ether oxygens (including phenoxy) is 1. The summed E-state index contributed by atoms with van der Waals surface area (Å²) in [7, 11) is 1.62. The average molecular weight is 385 g/mol. The second-order valence-electron chi connectivity index (χ2n) is 6.48. The largest absolute Gasteiger partial charge is 0.496 e. The summed E-state index contributed by atoms with van der Waals surface area (Å²) >= 11 is 1.45. The number of nitrogens with two attached hydrogens (primary N) is 1. The number of nitrogens with zero attached hydrogens (tertiary/aromatic N) is 2. The Hall–Kier alpha value is -2.67. The van der Waals surface area contributed by atoms with Gasteiger partial charge in [-0.15, -0.1) is 11.3 Å². The third-order valence-electron chi connectivity index (χ3n) is 4.47. The van der Waals surface area contributed by atoms with Crippen molar-refractivity contribution in [2.24, 2.45) is 5.73 Å². The van der Waals surface area contributed by atoms with Crippen molar-refractivity contribution in [3.63, 3.8) is 0 Å². The van der Waals surface area contributed by atoms with Gasteiger partial charge < -0.3 is 10.5 Å². The van der Waals surface area contributed by atoms with Crippen molar-refractivity contribution in [3.05, 3.63) is 45.3 Å². The summed E-state index contributed by atoms with van der Waals surface area (Å²) in [5, 5.41) is 2.51. The van der Waals surface area contributed by atoms with E-state index in [0.29, 0.717) is 28.2 Å². The molecule has 142 valence electrons. The Morgan fingerprint density at radius 3 is 2.78 bits per heavy atom. The van der Waals surface area contributed by atoms with Crippen molar-refractivity contribution >= 4 is 27.5 Å². The molecule has 7 heteroatoms. The highest BCUT2D eigenvalue weighted by molar-refractivity contribution is 7.17. The highest BCUT2D eigenvalue weighted by atomic mass is 32.1. The van der Waals surface area contributed by atoms with Gasteiger partial charge in [0.1, 0.15) is 16.4 Å². The normalized spacial score (nSPS) is 11.1. The van der Waals surface area contributed by atoms with E-state index in [9.17, 15) is 9.59 Å². The first-order valence-electron chi connectivity index (χ1n) is 8.90. The van der Waals surface area contributed by atoms with E-state index in [-0.39, 0.29) is 18.5 Å². The van der Waals surface area contributed by atoms with E-state index in [1.807, 2.05) is 37.4 Å². The van der Waals surface area contributed by atoms with Gasteiger partial charge in [0.05, 0.1) is 12.5 Å². The summed E-state index contributed by atoms with van der Waals surface area (Å²) in [4.78, 5) is 30.0. The Morgan fingerprint density at radius 2 is 2.11 bits per heavy atom. The predicted molar refractivity (Wildman–Crippen MR) is 108 cm³/mol. The van der Waals surface area contributed by atoms with Crippen LogP contribution in [0.2, 0.25) is 0 Å². The number of hydrogen-bond donors (Lipinski definition) is 1. The van der Waals surface area contributed by atoms with Gasteiger partial charge in [-0.3, -0.25) is 14.2 Å². The molecule has 0 fully saturated rings. The highest BCUT2D eigenvalue weighted by Gasteiger charge is 2.19. The third-order valence-corrected chi connectivity index (χ3v) is 5.35. The molecule has 0 aliphatic rings. The first kappa shape index (κ1) is 19.1. The van der Waals surface area contributed by atoms with Crippen molar-refractivity contribution in [1.29, 1.82) is 0 Å². The molecule has 2 heterocycles. The van der Waals surface area contributed by atoms with Crippen molar-refractivity contribution in [2.45, 2.75) is 39.7 Å². The second kappa shape index (κ2) is 7.92. The van der Waals surface area contributed by atoms with Gasteiger partial charge >= 0.3 is 0 Å². The SMILES string of the molecule is CCCc1nc2scc(-c3cc(C)ccc3OC)c2c(=O)n1CCC(N)=O. The van der Waals surface area contributed by atoms with Crippen LogP contribution in [0.5, 0.6) is 5.75 Å². The molecule has 0 saturated carbocycles. The molecule has 0 radical (unpaired) electrons. The van der Waals surface area contributed by atoms with E-state index in [1.165, 1.54) is 11.3 Å². The lowest BCUT2D eigenvalue weighted by Crippen LogP contribution is -2.27. The molecule has 3 aromatic rings. The number of hydrogen-bond acceptors (Lipinski definition) is 5. The van der Waals surface area contributed by atoms with Crippen molar-refractivity contribution in [2.75, 3.05) is 7.11 Å². The fourth-order valence-corrected chi connectivity index (χ4v) is 4.11. The maximum Gasteiger partial charge on any atom is 0.262 e. The molecule has 0 saturated heterocycles. The number of aryl methyl sites for hydroxylation is 2. The average Bonchev–Trinajstić information content (AvgIpc) is 3.05. The van der Waals surface area contributed by atoms with E-state index in [0.717, 1.165) is 23.1 Å². The maximum absolute atomic E-state index is 13.3. The van der Waals surface area contributed by atoms with Crippen LogP contribution in [0.1, 0.15) is 31.2 Å². The minimum Gasteiger partial charge on any atom is -0.496 e. The number of carbonyl (C=O) groups is 1. The molecule has 27 heavy (non-hydrogen) atoms. The Balaban J connectivity index is 2.26. The molecule has 1 amide bonds. The maximum atomic E-state index is 13.3. The Kier molecular flexibility index (Phi) is 5.60. The molecule has 3 rings (SSSR count). The molecule has 0 aliphatic carbocycles. The second-order valence-corrected chi connectivity index (χ2v) is 7.34. The zero-order valence-corrected chi connectivity index (χ0v) is 16.6. The van der Waals surface area contributed by atoms with Gasteiger partial charge in [0, 0.05) is 35.9 Å². The van der Waals surface area contributed by atoms with Crippen LogP contribution in [-0.2, 0) is 17.8 Å². The lowest BCUT2D eigenvalue weighted by atomic mass is 10.0. The number of fused-ring (bicyclic) bond motifs is 1. The Bertz CT molecular complexity index is 1050. The standard InChI is InChI=1S/C20H23N3O3S/c1-4-5-17-22-19-18(20(25)23(17)9-8-16(21)24)14(11-27-19)13-10-12(2)6-7-15(13)26-3/h6-7,10-11H,4-5,8-9H2,1-3H3,(H2,21,24). The van der Waals surface area contributed by atoms with Crippen LogP contribution in [-0.4, -0.2) is 22.6 Å². The number of methoxy groups -OCH3 is 1. The van der Waals surface area contributed by atoms with Gasteiger partial charge in [0.25, 0.3) is 5.56 Å². The van der Waals surface area contributed by atoms with Crippen LogP contribution < -0.4 is 16.0 Å². The van der Waals surface area contributed by atoms with Gasteiger partial charge in [-0.1, -0.05) is 18.6 Å². The molecule has 0 atom stereocenters. The topological polar surface area (TPSA) is 87.2 Å². The number of carbonyl (C=O) groups excluding carboxylic acids is 1. The number of aromatic nitrogens is 2. The fourth-order valence-electron chi connectivity index (χ4n) is 3.16. The van der Waals surface area contributed by atoms with Crippen LogP contribution in [0, 0.1) is 6.92 Å². The summed E-state index contributed by atoms with van der Waals surface area (Å²) < 4.78 is 7.09. The van der Waals surface area contributed by atoms with E-state index < -0.39 is 5.91 Å². The highest BCUT2D eigenvalue weighted by Crippen LogP contribution is 2.37. The Labute approximate surface area is 161 Å². The molecule has 6 nitrogen and oxygen atoms in total. The molecule has 1 aromatic carbocycles. The minimum atomic E-state index is -0.435. The number of benzene rings is 1. The zero-order valence-electron chi connectivity index (χ0n) is 15.7. The van der Waals surface area contributed by atoms with Crippen molar-refractivity contribution in [1.82, 2.24) is 9.55 Å². The van der Waals surface area contributed by atoms with Crippen LogP contribution in [0.3, 0.4) is 0 Å². The monoisotopic (exact) mass is 385 g/mol. The lowest BCUT2D eigenvalue weighted by molar-refractivity contribution is -0.118. The first-order chi connectivity index (χ1) is 13.0. The van der Waals surface area contributed by atoms with Crippen molar-refractivity contribution < 1.29 is 9.53 Å². The predicted octanol–water partition coefficient (Wildman–Crippen LogP) is 3.27. The minimum absolute atomic E-state index is 0.108. The number of primary amides is 1. The number of rotatable bonds is 7. The molecule has 0 aliphatic heterocycles. The molecule has 0 bridgehead atoms. The zero-order chi connectivity index (χ0) is 19.6. The molecule has 0 unspecified atom stereocenters. The summed E-state index contributed by atoms with van der Waals surface area (Å²) in [6, 6.07) is 5.88. The van der Waals surface area contributed by atoms with E-state index >= 15 is 0 Å². The molecule has 2 aromatic heterocycles. The van der Waals surface area contributed by atoms with Crippen LogP contribution in [0.25, 0.3) is 21.3 Å². The van der Waals surface area contributed by atoms with Gasteiger partial charge in [0.2, 0.25) is 5.91 Å². The first-order valence-corrected chi connectivity index (χ1v) is 9.78. The van der Waals surface area contributed by atoms with Crippen molar-refractivity contribution in [3.8, 4) is 16.9 Å². The molecular weight excluding hydrogens is 362 g/mol. The molecule has 0 spiro atoms. The number of amides is 1. The van der Waals surface area contributed by atoms with E-state index in [4.69, 9.17) is 15.5 Å². The van der Waals surface area contributed by atoms with E-state index in [2.05, 4.69) is 0 Å². The smallest absolute Gasteiger partial charge is 0.262 e. The molecular formula is C20H23N3O3S. The van der Waals surface area contributed by atoms with Crippen LogP contribution in [0.4, 0.5) is 0 Å². The number of thiophene rings is 1. The third kappa shape index (κ3) is 3.73. The lowest BCUT2D eigenvalue weighted by Gasteiger charge is -2.12. The summed E-state index contributed by atoms with van der Waals surface area (Å²) in [5.74, 6) is 0.970. The summed E-state index contributed by atoms with van der Waals surface area (Å²) in [5.41, 5.74) is 7.91.